The largest absolute Gasteiger partial charge is 0.0812 e. The van der Waals surface area contributed by atoms with Gasteiger partial charge in [-0.25, -0.2) is 0 Å². The third-order valence-corrected chi connectivity index (χ3v) is 11.7. The molecule has 0 N–H and O–H groups in total. The van der Waals surface area contributed by atoms with Crippen LogP contribution in [0.1, 0.15) is 70.4 Å². The summed E-state index contributed by atoms with van der Waals surface area (Å²) in [5.74, 6) is 0. The van der Waals surface area contributed by atoms with Gasteiger partial charge in [0.2, 0.25) is 0 Å². The number of unbranched alkanes of at least 4 members (excludes halogenated alkanes) is 3. The van der Waals surface area contributed by atoms with E-state index in [0.717, 1.165) is 4.43 Å². The van der Waals surface area contributed by atoms with Crippen LogP contribution in [0, 0.1) is 0 Å². The van der Waals surface area contributed by atoms with Gasteiger partial charge in [-0.1, -0.05) is 130 Å². The van der Waals surface area contributed by atoms with Gasteiger partial charge in [0.25, 0.3) is 0 Å². The lowest BCUT2D eigenvalue weighted by atomic mass is 10.1. The predicted molar refractivity (Wildman–Crippen MR) is 118 cm³/mol. The van der Waals surface area contributed by atoms with Crippen molar-refractivity contribution >= 4 is 30.7 Å². The second kappa shape index (κ2) is 12.5. The molecule has 0 radical (unpaired) electrons. The Morgan fingerprint density at radius 1 is 0.783 bits per heavy atom. The molecule has 0 amide bonds. The third-order valence-electron chi connectivity index (χ3n) is 5.27. The Hall–Kier alpha value is 0.167. The van der Waals surface area contributed by atoms with E-state index in [1.165, 1.54) is 56.6 Å². The average molecular weight is 445 g/mol. The summed E-state index contributed by atoms with van der Waals surface area (Å²) in [4.78, 5) is 0. The summed E-state index contributed by atoms with van der Waals surface area (Å²) < 4.78 is 1.13. The monoisotopic (exact) mass is 444 g/mol. The highest BCUT2D eigenvalue weighted by Crippen LogP contribution is 2.33. The molecule has 1 aromatic carbocycles. The van der Waals surface area contributed by atoms with Crippen LogP contribution in [-0.4, -0.2) is 8.07 Å². The Morgan fingerprint density at radius 2 is 1.30 bits per heavy atom. The molecule has 0 saturated carbocycles. The van der Waals surface area contributed by atoms with Gasteiger partial charge in [0.1, 0.15) is 0 Å². The Kier molecular flexibility index (Phi) is 11.5. The van der Waals surface area contributed by atoms with Crippen molar-refractivity contribution in [1.29, 1.82) is 0 Å². The Labute approximate surface area is 160 Å². The molecule has 1 rings (SSSR count). The van der Waals surface area contributed by atoms with Crippen molar-refractivity contribution in [2.75, 3.05) is 0 Å². The standard InChI is InChI=1S/C21H37ISi/c1-4-7-14-23(15-8-5-2,16-9-6-3)17-13-20-11-10-12-21(18-20)19-22/h10-12,18H,4-9,13-17,19H2,1-3H3. The van der Waals surface area contributed by atoms with E-state index in [1.54, 1.807) is 23.7 Å². The molecule has 0 aliphatic heterocycles. The van der Waals surface area contributed by atoms with Crippen LogP contribution < -0.4 is 0 Å². The summed E-state index contributed by atoms with van der Waals surface area (Å²) in [5, 5.41) is 0. The van der Waals surface area contributed by atoms with Crippen molar-refractivity contribution in [1.82, 2.24) is 0 Å². The molecule has 0 bridgehead atoms. The average Bonchev–Trinajstić information content (AvgIpc) is 2.60. The second-order valence-corrected chi connectivity index (χ2v) is 13.0. The van der Waals surface area contributed by atoms with E-state index in [4.69, 9.17) is 0 Å². The van der Waals surface area contributed by atoms with Gasteiger partial charge in [0.15, 0.2) is 0 Å². The van der Waals surface area contributed by atoms with E-state index in [2.05, 4.69) is 67.6 Å². The maximum Gasteiger partial charge on any atom is 0.0539 e. The van der Waals surface area contributed by atoms with Crippen LogP contribution in [-0.2, 0) is 10.8 Å². The first kappa shape index (κ1) is 21.2. The summed E-state index contributed by atoms with van der Waals surface area (Å²) in [7, 11) is -1.07. The summed E-state index contributed by atoms with van der Waals surface area (Å²) in [5.41, 5.74) is 3.08. The number of aryl methyl sites for hydroxylation is 1. The van der Waals surface area contributed by atoms with Gasteiger partial charge in [0, 0.05) is 4.43 Å². The SMILES string of the molecule is CCCC[Si](CCCC)(CCCC)CCc1cccc(CI)c1. The fourth-order valence-electron chi connectivity index (χ4n) is 3.68. The Morgan fingerprint density at radius 3 is 1.78 bits per heavy atom. The van der Waals surface area contributed by atoms with Gasteiger partial charge < -0.3 is 0 Å². The first-order valence-corrected chi connectivity index (χ1v) is 14.2. The molecule has 23 heavy (non-hydrogen) atoms. The number of rotatable bonds is 13. The molecule has 0 spiro atoms. The zero-order valence-electron chi connectivity index (χ0n) is 15.7. The fourth-order valence-corrected chi connectivity index (χ4v) is 9.79. The minimum atomic E-state index is -1.07. The predicted octanol–water partition coefficient (Wildman–Crippen LogP) is 8.01. The van der Waals surface area contributed by atoms with E-state index in [-0.39, 0.29) is 0 Å². The molecule has 0 nitrogen and oxygen atoms in total. The smallest absolute Gasteiger partial charge is 0.0539 e. The maximum atomic E-state index is 2.48. The summed E-state index contributed by atoms with van der Waals surface area (Å²) >= 11 is 2.48. The van der Waals surface area contributed by atoms with E-state index in [9.17, 15) is 0 Å². The van der Waals surface area contributed by atoms with Crippen LogP contribution in [0.2, 0.25) is 24.2 Å². The maximum absolute atomic E-state index is 2.48. The highest BCUT2D eigenvalue weighted by atomic mass is 127. The number of alkyl halides is 1. The van der Waals surface area contributed by atoms with Crippen LogP contribution >= 0.6 is 22.6 Å². The van der Waals surface area contributed by atoms with Crippen LogP contribution in [0.3, 0.4) is 0 Å². The number of hydrogen-bond acceptors (Lipinski definition) is 0. The van der Waals surface area contributed by atoms with Crippen LogP contribution in [0.15, 0.2) is 24.3 Å². The normalized spacial score (nSPS) is 11.8. The number of halogens is 1. The first-order valence-electron chi connectivity index (χ1n) is 9.83. The van der Waals surface area contributed by atoms with E-state index in [0.29, 0.717) is 0 Å². The topological polar surface area (TPSA) is 0 Å². The van der Waals surface area contributed by atoms with E-state index < -0.39 is 8.07 Å². The minimum absolute atomic E-state index is 1.07. The highest BCUT2D eigenvalue weighted by molar-refractivity contribution is 14.1. The molecule has 0 aliphatic rings. The van der Waals surface area contributed by atoms with E-state index in [1.807, 2.05) is 0 Å². The molecule has 0 atom stereocenters. The van der Waals surface area contributed by atoms with Crippen LogP contribution in [0.4, 0.5) is 0 Å². The Balaban J connectivity index is 2.78. The lowest BCUT2D eigenvalue weighted by molar-refractivity contribution is 0.780. The summed E-state index contributed by atoms with van der Waals surface area (Å²) in [6.07, 6.45) is 9.84. The van der Waals surface area contributed by atoms with Crippen molar-refractivity contribution in [3.8, 4) is 0 Å². The summed E-state index contributed by atoms with van der Waals surface area (Å²) in [6, 6.07) is 15.6. The first-order chi connectivity index (χ1) is 11.2. The molecule has 1 aromatic rings. The summed E-state index contributed by atoms with van der Waals surface area (Å²) in [6.45, 7) is 7.09. The molecular formula is C21H37ISi. The van der Waals surface area contributed by atoms with Crippen LogP contribution in [0.25, 0.3) is 0 Å². The quantitative estimate of drug-likeness (QED) is 0.164. The van der Waals surface area contributed by atoms with Gasteiger partial charge in [-0.05, 0) is 17.5 Å². The zero-order valence-corrected chi connectivity index (χ0v) is 18.8. The van der Waals surface area contributed by atoms with Gasteiger partial charge in [-0.3, -0.25) is 0 Å². The number of benzene rings is 1. The third kappa shape index (κ3) is 8.20. The number of hydrogen-bond donors (Lipinski definition) is 0. The molecule has 0 unspecified atom stereocenters. The van der Waals surface area contributed by atoms with Crippen molar-refractivity contribution in [3.05, 3.63) is 35.4 Å². The van der Waals surface area contributed by atoms with Gasteiger partial charge >= 0.3 is 0 Å². The van der Waals surface area contributed by atoms with Crippen molar-refractivity contribution in [3.63, 3.8) is 0 Å². The van der Waals surface area contributed by atoms with Gasteiger partial charge in [-0.2, -0.15) is 0 Å². The van der Waals surface area contributed by atoms with Crippen molar-refractivity contribution < 1.29 is 0 Å². The van der Waals surface area contributed by atoms with Gasteiger partial charge in [0.05, 0.1) is 8.07 Å². The second-order valence-electron chi connectivity index (χ2n) is 7.26. The lowest BCUT2D eigenvalue weighted by Gasteiger charge is -2.32. The Bertz CT molecular complexity index is 394. The molecule has 2 heteroatoms. The van der Waals surface area contributed by atoms with E-state index >= 15 is 0 Å². The molecule has 0 heterocycles. The molecule has 0 saturated heterocycles. The molecule has 0 aromatic heterocycles. The minimum Gasteiger partial charge on any atom is -0.0812 e. The molecule has 0 aliphatic carbocycles. The van der Waals surface area contributed by atoms with Crippen LogP contribution in [0.5, 0.6) is 0 Å². The van der Waals surface area contributed by atoms with Crippen molar-refractivity contribution in [2.45, 2.75) is 94.3 Å². The fraction of sp³-hybridized carbons (Fsp3) is 0.714. The molecular weight excluding hydrogens is 407 g/mol. The molecule has 0 fully saturated rings. The zero-order chi connectivity index (χ0) is 17.0. The molecule has 132 valence electrons. The van der Waals surface area contributed by atoms with Crippen molar-refractivity contribution in [2.24, 2.45) is 0 Å². The highest BCUT2D eigenvalue weighted by Gasteiger charge is 2.30. The van der Waals surface area contributed by atoms with Gasteiger partial charge in [-0.15, -0.1) is 0 Å². The lowest BCUT2D eigenvalue weighted by Crippen LogP contribution is -2.34.